The number of unbranched alkanes of at least 4 members (excludes halogenated alkanes) is 3. The van der Waals surface area contributed by atoms with Crippen LogP contribution in [0.5, 0.6) is 0 Å². The van der Waals surface area contributed by atoms with Crippen molar-refractivity contribution in [1.82, 2.24) is 0 Å². The minimum absolute atomic E-state index is 0.140. The van der Waals surface area contributed by atoms with Crippen LogP contribution in [0.4, 0.5) is 0 Å². The molecule has 6 heteroatoms. The molecule has 0 heterocycles. The molecule has 5 nitrogen and oxygen atoms in total. The molecule has 0 aromatic heterocycles. The fraction of sp³-hybridized carbons (Fsp3) is 0.417. The van der Waals surface area contributed by atoms with Crippen LogP contribution in [-0.2, 0) is 13.6 Å². The molecule has 1 unspecified atom stereocenters. The molecule has 0 N–H and O–H groups in total. The van der Waals surface area contributed by atoms with Crippen molar-refractivity contribution in [2.45, 2.75) is 25.7 Å². The maximum atomic E-state index is 11.6. The van der Waals surface area contributed by atoms with E-state index in [4.69, 9.17) is 9.05 Å². The summed E-state index contributed by atoms with van der Waals surface area (Å²) in [4.78, 5) is 11.6. The van der Waals surface area contributed by atoms with Gasteiger partial charge in [0.25, 0.3) is 7.82 Å². The van der Waals surface area contributed by atoms with Crippen LogP contribution in [0.1, 0.15) is 31.2 Å². The van der Waals surface area contributed by atoms with Crippen molar-refractivity contribution in [2.24, 2.45) is 0 Å². The molecule has 0 aliphatic carbocycles. The SMILES string of the molecule is C[N+](C)(C)CCOP(=O)([O-])OCCCCC/C=C/C=C/C=C/C=C/c1ccccc1. The Kier molecular flexibility index (Phi) is 13.2. The first kappa shape index (κ1) is 26.3. The highest BCUT2D eigenvalue weighted by Gasteiger charge is 2.12. The quantitative estimate of drug-likeness (QED) is 0.166. The minimum Gasteiger partial charge on any atom is -0.756 e. The Morgan fingerprint density at radius 2 is 1.50 bits per heavy atom. The minimum atomic E-state index is -4.17. The second kappa shape index (κ2) is 15.1. The zero-order valence-corrected chi connectivity index (χ0v) is 19.4. The molecule has 1 aromatic carbocycles. The van der Waals surface area contributed by atoms with Crippen molar-refractivity contribution >= 4 is 13.9 Å². The van der Waals surface area contributed by atoms with Crippen LogP contribution in [0.2, 0.25) is 0 Å². The van der Waals surface area contributed by atoms with E-state index < -0.39 is 7.82 Å². The first-order valence-corrected chi connectivity index (χ1v) is 11.9. The maximum absolute atomic E-state index is 11.6. The van der Waals surface area contributed by atoms with Gasteiger partial charge in [0.2, 0.25) is 0 Å². The fourth-order valence-electron chi connectivity index (χ4n) is 2.34. The highest BCUT2D eigenvalue weighted by Crippen LogP contribution is 2.38. The van der Waals surface area contributed by atoms with Gasteiger partial charge >= 0.3 is 0 Å². The van der Waals surface area contributed by atoms with Crippen LogP contribution in [0, 0.1) is 0 Å². The topological polar surface area (TPSA) is 58.6 Å². The second-order valence-electron chi connectivity index (χ2n) is 7.94. The van der Waals surface area contributed by atoms with E-state index in [-0.39, 0.29) is 13.2 Å². The molecule has 0 saturated heterocycles. The van der Waals surface area contributed by atoms with Gasteiger partial charge in [0, 0.05) is 0 Å². The number of rotatable bonds is 15. The first-order chi connectivity index (χ1) is 14.3. The van der Waals surface area contributed by atoms with E-state index in [0.29, 0.717) is 17.4 Å². The number of quaternary nitrogens is 1. The number of hydrogen-bond donors (Lipinski definition) is 0. The van der Waals surface area contributed by atoms with Gasteiger partial charge in [-0.2, -0.15) is 0 Å². The predicted molar refractivity (Wildman–Crippen MR) is 124 cm³/mol. The van der Waals surface area contributed by atoms with Crippen LogP contribution >= 0.6 is 7.82 Å². The van der Waals surface area contributed by atoms with E-state index in [2.05, 4.69) is 24.3 Å². The molecule has 0 saturated carbocycles. The van der Waals surface area contributed by atoms with E-state index in [1.54, 1.807) is 0 Å². The molecule has 0 bridgehead atoms. The highest BCUT2D eigenvalue weighted by atomic mass is 31.2. The second-order valence-corrected chi connectivity index (χ2v) is 9.36. The summed E-state index contributed by atoms with van der Waals surface area (Å²) in [5.74, 6) is 0. The summed E-state index contributed by atoms with van der Waals surface area (Å²) in [6.07, 6.45) is 19.7. The zero-order chi connectivity index (χ0) is 22.1. The van der Waals surface area contributed by atoms with E-state index in [1.165, 1.54) is 5.56 Å². The Labute approximate surface area is 182 Å². The average Bonchev–Trinajstić information content (AvgIpc) is 2.68. The number of hydrogen-bond acceptors (Lipinski definition) is 4. The van der Waals surface area contributed by atoms with Gasteiger partial charge in [-0.25, -0.2) is 0 Å². The Hall–Kier alpha value is -1.75. The molecule has 1 rings (SSSR count). The van der Waals surface area contributed by atoms with Gasteiger partial charge in [-0.05, 0) is 24.8 Å². The van der Waals surface area contributed by atoms with E-state index >= 15 is 0 Å². The van der Waals surface area contributed by atoms with Crippen molar-refractivity contribution in [3.63, 3.8) is 0 Å². The molecule has 30 heavy (non-hydrogen) atoms. The fourth-order valence-corrected chi connectivity index (χ4v) is 3.08. The molecule has 166 valence electrons. The number of allylic oxidation sites excluding steroid dienone is 7. The smallest absolute Gasteiger partial charge is 0.268 e. The monoisotopic (exact) mass is 433 g/mol. The molecule has 1 atom stereocenters. The Morgan fingerprint density at radius 1 is 0.867 bits per heavy atom. The Bertz CT molecular complexity index is 733. The largest absolute Gasteiger partial charge is 0.756 e. The third kappa shape index (κ3) is 16.1. The molecule has 0 amide bonds. The van der Waals surface area contributed by atoms with Crippen LogP contribution in [-0.4, -0.2) is 45.4 Å². The summed E-state index contributed by atoms with van der Waals surface area (Å²) in [6.45, 7) is 0.924. The lowest BCUT2D eigenvalue weighted by Crippen LogP contribution is -2.37. The van der Waals surface area contributed by atoms with Crippen LogP contribution in [0.25, 0.3) is 6.08 Å². The number of phosphoric ester groups is 1. The van der Waals surface area contributed by atoms with Gasteiger partial charge in [0.05, 0.1) is 27.7 Å². The molecule has 0 aliphatic heterocycles. The van der Waals surface area contributed by atoms with Crippen molar-refractivity contribution in [3.05, 3.63) is 78.4 Å². The van der Waals surface area contributed by atoms with Crippen LogP contribution in [0.15, 0.2) is 72.9 Å². The van der Waals surface area contributed by atoms with Gasteiger partial charge in [-0.3, -0.25) is 4.57 Å². The summed E-state index contributed by atoms with van der Waals surface area (Å²) in [6, 6.07) is 10.2. The van der Waals surface area contributed by atoms with Gasteiger partial charge < -0.3 is 18.4 Å². The van der Waals surface area contributed by atoms with Gasteiger partial charge in [-0.15, -0.1) is 0 Å². The standard InChI is InChI=1S/C24H36NO4P/c1-25(2,3)21-23-29-30(26,27)28-22-17-12-10-8-6-4-5-7-9-11-14-18-24-19-15-13-16-20-24/h4-7,9,11,13-16,18-20H,8,10,12,17,21-23H2,1-3H3/b6-4+,7-5+,11-9+,18-14+. The van der Waals surface area contributed by atoms with E-state index in [1.807, 2.05) is 75.8 Å². The van der Waals surface area contributed by atoms with Gasteiger partial charge in [0.1, 0.15) is 13.2 Å². The average molecular weight is 434 g/mol. The molecule has 0 radical (unpaired) electrons. The summed E-state index contributed by atoms with van der Waals surface area (Å²) in [5, 5.41) is 0. The van der Waals surface area contributed by atoms with Crippen molar-refractivity contribution in [1.29, 1.82) is 0 Å². The number of likely N-dealkylation sites (N-methyl/N-ethyl adjacent to an activating group) is 1. The maximum Gasteiger partial charge on any atom is 0.268 e. The van der Waals surface area contributed by atoms with Crippen molar-refractivity contribution in [2.75, 3.05) is 40.9 Å². The molecule has 0 aliphatic rings. The van der Waals surface area contributed by atoms with Crippen LogP contribution in [0.3, 0.4) is 0 Å². The zero-order valence-electron chi connectivity index (χ0n) is 18.5. The first-order valence-electron chi connectivity index (χ1n) is 10.4. The summed E-state index contributed by atoms with van der Waals surface area (Å²) in [7, 11) is 1.76. The molecule has 0 fully saturated rings. The lowest BCUT2D eigenvalue weighted by molar-refractivity contribution is -0.870. The van der Waals surface area contributed by atoms with E-state index in [9.17, 15) is 9.46 Å². The number of nitrogens with zero attached hydrogens (tertiary/aromatic N) is 1. The van der Waals surface area contributed by atoms with Crippen molar-refractivity contribution < 1.29 is 23.0 Å². The molecule has 1 aromatic rings. The highest BCUT2D eigenvalue weighted by molar-refractivity contribution is 7.45. The third-order valence-corrected chi connectivity index (χ3v) is 5.05. The number of benzene rings is 1. The third-order valence-electron chi connectivity index (χ3n) is 4.06. The number of phosphoric acid groups is 1. The van der Waals surface area contributed by atoms with Crippen molar-refractivity contribution in [3.8, 4) is 0 Å². The lowest BCUT2D eigenvalue weighted by Gasteiger charge is -2.27. The summed E-state index contributed by atoms with van der Waals surface area (Å²) >= 11 is 0. The van der Waals surface area contributed by atoms with E-state index in [0.717, 1.165) is 19.3 Å². The molecular formula is C24H36NO4P. The molecular weight excluding hydrogens is 397 g/mol. The van der Waals surface area contributed by atoms with Crippen LogP contribution < -0.4 is 4.89 Å². The summed E-state index contributed by atoms with van der Waals surface area (Å²) < 4.78 is 22.0. The molecule has 0 spiro atoms. The normalized spacial score (nSPS) is 15.1. The lowest BCUT2D eigenvalue weighted by atomic mass is 10.2. The Balaban J connectivity index is 2.03. The van der Waals surface area contributed by atoms with Gasteiger partial charge in [0.15, 0.2) is 0 Å². The summed E-state index contributed by atoms with van der Waals surface area (Å²) in [5.41, 5.74) is 1.18. The Morgan fingerprint density at radius 3 is 2.20 bits per heavy atom. The predicted octanol–water partition coefficient (Wildman–Crippen LogP) is 5.14. The van der Waals surface area contributed by atoms with Gasteiger partial charge in [-0.1, -0.05) is 85.4 Å².